The minimum atomic E-state index is 0.0157. The summed E-state index contributed by atoms with van der Waals surface area (Å²) in [6, 6.07) is 32.7. The fourth-order valence-electron chi connectivity index (χ4n) is 4.93. The van der Waals surface area contributed by atoms with Gasteiger partial charge in [-0.2, -0.15) is 0 Å². The van der Waals surface area contributed by atoms with E-state index >= 15 is 0 Å². The van der Waals surface area contributed by atoms with Gasteiger partial charge in [0.1, 0.15) is 11.5 Å². The van der Waals surface area contributed by atoms with Gasteiger partial charge < -0.3 is 26.2 Å². The van der Waals surface area contributed by atoms with E-state index < -0.39 is 0 Å². The standard InChI is InChI=1S/C30H23N3O2/c31-19-11-14-27(34)23(17-19)30-28(35)15-12-24(32)29(30)18-10-13-26-22(16-18)21-8-4-5-9-25(21)33(26)20-6-2-1-3-7-20/h1-17,34-35H,31-32H2. The van der Waals surface area contributed by atoms with Gasteiger partial charge in [-0.15, -0.1) is 0 Å². The Bertz CT molecular complexity index is 1740. The molecule has 6 aromatic rings. The molecule has 1 heterocycles. The van der Waals surface area contributed by atoms with E-state index in [4.69, 9.17) is 11.5 Å². The summed E-state index contributed by atoms with van der Waals surface area (Å²) in [7, 11) is 0. The Morgan fingerprint density at radius 1 is 0.571 bits per heavy atom. The number of fused-ring (bicyclic) bond motifs is 3. The maximum absolute atomic E-state index is 10.9. The smallest absolute Gasteiger partial charge is 0.124 e. The molecule has 0 spiro atoms. The first-order valence-corrected chi connectivity index (χ1v) is 11.3. The molecule has 1 aromatic heterocycles. The zero-order valence-corrected chi connectivity index (χ0v) is 18.8. The summed E-state index contributed by atoms with van der Waals surface area (Å²) < 4.78 is 2.24. The first-order chi connectivity index (χ1) is 17.0. The first-order valence-electron chi connectivity index (χ1n) is 11.3. The molecule has 5 nitrogen and oxygen atoms in total. The SMILES string of the molecule is Nc1ccc(O)c(-c2c(O)ccc(N)c2-c2ccc3c(c2)c2ccccc2n3-c2ccccc2)c1. The highest BCUT2D eigenvalue weighted by Crippen LogP contribution is 2.47. The number of phenols is 2. The molecule has 0 amide bonds. The zero-order chi connectivity index (χ0) is 24.1. The molecule has 0 fully saturated rings. The van der Waals surface area contributed by atoms with Gasteiger partial charge in [0.25, 0.3) is 0 Å². The number of hydrogen-bond donors (Lipinski definition) is 4. The number of benzene rings is 5. The third-order valence-corrected chi connectivity index (χ3v) is 6.48. The summed E-state index contributed by atoms with van der Waals surface area (Å²) in [5.74, 6) is 0.0324. The van der Waals surface area contributed by atoms with Crippen LogP contribution in [0.2, 0.25) is 0 Å². The highest BCUT2D eigenvalue weighted by molar-refractivity contribution is 6.11. The number of hydrogen-bond acceptors (Lipinski definition) is 4. The van der Waals surface area contributed by atoms with Crippen LogP contribution in [-0.2, 0) is 0 Å². The molecule has 0 radical (unpaired) electrons. The van der Waals surface area contributed by atoms with Crippen LogP contribution >= 0.6 is 0 Å². The van der Waals surface area contributed by atoms with Gasteiger partial charge in [-0.05, 0) is 66.2 Å². The highest BCUT2D eigenvalue weighted by atomic mass is 16.3. The molecular weight excluding hydrogens is 434 g/mol. The molecule has 6 rings (SSSR count). The molecule has 35 heavy (non-hydrogen) atoms. The van der Waals surface area contributed by atoms with Crippen LogP contribution in [0.25, 0.3) is 49.7 Å². The number of aromatic nitrogens is 1. The van der Waals surface area contributed by atoms with E-state index in [9.17, 15) is 10.2 Å². The molecule has 0 bridgehead atoms. The predicted octanol–water partition coefficient (Wildman–Crippen LogP) is 6.69. The quantitative estimate of drug-likeness (QED) is 0.176. The molecule has 5 aromatic carbocycles. The van der Waals surface area contributed by atoms with Crippen LogP contribution in [0.4, 0.5) is 11.4 Å². The Labute approximate surface area is 202 Å². The molecule has 0 aliphatic rings. The number of nitrogens with two attached hydrogens (primary N) is 2. The van der Waals surface area contributed by atoms with Gasteiger partial charge in [0.05, 0.1) is 11.0 Å². The summed E-state index contributed by atoms with van der Waals surface area (Å²) >= 11 is 0. The van der Waals surface area contributed by atoms with Crippen molar-refractivity contribution in [1.29, 1.82) is 0 Å². The van der Waals surface area contributed by atoms with Crippen LogP contribution in [0.15, 0.2) is 103 Å². The molecule has 0 unspecified atom stereocenters. The molecule has 0 atom stereocenters. The molecule has 0 saturated carbocycles. The number of para-hydroxylation sites is 2. The second kappa shape index (κ2) is 7.85. The Hall–Kier alpha value is -4.90. The van der Waals surface area contributed by atoms with Crippen molar-refractivity contribution in [3.8, 4) is 39.4 Å². The average molecular weight is 458 g/mol. The summed E-state index contributed by atoms with van der Waals surface area (Å²) in [5, 5.41) is 23.7. The normalized spacial score (nSPS) is 11.3. The van der Waals surface area contributed by atoms with Crippen molar-refractivity contribution in [1.82, 2.24) is 4.57 Å². The lowest BCUT2D eigenvalue weighted by molar-refractivity contribution is 0.469. The Balaban J connectivity index is 1.67. The minimum absolute atomic E-state index is 0.0157. The monoisotopic (exact) mass is 457 g/mol. The Morgan fingerprint density at radius 2 is 1.29 bits per heavy atom. The van der Waals surface area contributed by atoms with Gasteiger partial charge in [-0.1, -0.05) is 42.5 Å². The second-order valence-corrected chi connectivity index (χ2v) is 8.62. The number of anilines is 2. The van der Waals surface area contributed by atoms with E-state index in [1.54, 1.807) is 18.2 Å². The van der Waals surface area contributed by atoms with Gasteiger partial charge in [-0.3, -0.25) is 0 Å². The third kappa shape index (κ3) is 3.25. The Morgan fingerprint density at radius 3 is 2.11 bits per heavy atom. The third-order valence-electron chi connectivity index (χ3n) is 6.48. The summed E-state index contributed by atoms with van der Waals surface area (Å²) in [4.78, 5) is 0. The van der Waals surface area contributed by atoms with Crippen molar-refractivity contribution in [2.45, 2.75) is 0 Å². The molecule has 5 heteroatoms. The summed E-state index contributed by atoms with van der Waals surface area (Å²) in [6.07, 6.45) is 0. The Kier molecular flexibility index (Phi) is 4.64. The number of aromatic hydroxyl groups is 2. The number of phenolic OH excluding ortho intramolecular Hbond substituents is 2. The van der Waals surface area contributed by atoms with Gasteiger partial charge in [0, 0.05) is 44.5 Å². The summed E-state index contributed by atoms with van der Waals surface area (Å²) in [6.45, 7) is 0. The van der Waals surface area contributed by atoms with Crippen LogP contribution in [0.3, 0.4) is 0 Å². The number of rotatable bonds is 3. The van der Waals surface area contributed by atoms with E-state index in [1.807, 2.05) is 36.4 Å². The minimum Gasteiger partial charge on any atom is -0.507 e. The fourth-order valence-corrected chi connectivity index (χ4v) is 4.93. The van der Waals surface area contributed by atoms with Crippen molar-refractivity contribution < 1.29 is 10.2 Å². The van der Waals surface area contributed by atoms with Crippen molar-refractivity contribution >= 4 is 33.2 Å². The lowest BCUT2D eigenvalue weighted by Gasteiger charge is -2.17. The van der Waals surface area contributed by atoms with E-state index in [2.05, 4.69) is 41.0 Å². The largest absolute Gasteiger partial charge is 0.507 e. The van der Waals surface area contributed by atoms with E-state index in [0.717, 1.165) is 33.1 Å². The second-order valence-electron chi connectivity index (χ2n) is 8.62. The molecule has 0 saturated heterocycles. The number of nitrogen functional groups attached to an aromatic ring is 2. The number of nitrogens with zero attached hydrogens (tertiary/aromatic N) is 1. The van der Waals surface area contributed by atoms with Gasteiger partial charge in [0.15, 0.2) is 0 Å². The van der Waals surface area contributed by atoms with Crippen LogP contribution in [0.1, 0.15) is 0 Å². The van der Waals surface area contributed by atoms with E-state index in [-0.39, 0.29) is 11.5 Å². The summed E-state index contributed by atoms with van der Waals surface area (Å²) in [5.41, 5.74) is 19.0. The van der Waals surface area contributed by atoms with E-state index in [1.165, 1.54) is 12.1 Å². The van der Waals surface area contributed by atoms with Crippen molar-refractivity contribution in [3.63, 3.8) is 0 Å². The van der Waals surface area contributed by atoms with Crippen LogP contribution in [0, 0.1) is 0 Å². The van der Waals surface area contributed by atoms with E-state index in [0.29, 0.717) is 28.1 Å². The lowest BCUT2D eigenvalue weighted by Crippen LogP contribution is -1.96. The fraction of sp³-hybridized carbons (Fsp3) is 0. The molecule has 0 aliphatic heterocycles. The maximum Gasteiger partial charge on any atom is 0.124 e. The topological polar surface area (TPSA) is 97.4 Å². The first kappa shape index (κ1) is 20.7. The van der Waals surface area contributed by atoms with Gasteiger partial charge in [0.2, 0.25) is 0 Å². The average Bonchev–Trinajstić information content (AvgIpc) is 3.21. The molecule has 0 aliphatic carbocycles. The lowest BCUT2D eigenvalue weighted by atomic mass is 9.91. The van der Waals surface area contributed by atoms with Crippen LogP contribution in [0.5, 0.6) is 11.5 Å². The maximum atomic E-state index is 10.9. The van der Waals surface area contributed by atoms with Crippen molar-refractivity contribution in [3.05, 3.63) is 103 Å². The predicted molar refractivity (Wildman–Crippen MR) is 144 cm³/mol. The van der Waals surface area contributed by atoms with Crippen molar-refractivity contribution in [2.75, 3.05) is 11.5 Å². The molecular formula is C30H23N3O2. The highest BCUT2D eigenvalue weighted by Gasteiger charge is 2.20. The van der Waals surface area contributed by atoms with Crippen molar-refractivity contribution in [2.24, 2.45) is 0 Å². The van der Waals surface area contributed by atoms with Gasteiger partial charge in [-0.25, -0.2) is 0 Å². The van der Waals surface area contributed by atoms with Crippen LogP contribution < -0.4 is 11.5 Å². The molecule has 6 N–H and O–H groups in total. The van der Waals surface area contributed by atoms with Gasteiger partial charge >= 0.3 is 0 Å². The zero-order valence-electron chi connectivity index (χ0n) is 18.8. The van der Waals surface area contributed by atoms with Crippen LogP contribution in [-0.4, -0.2) is 14.8 Å². The molecule has 170 valence electrons.